The van der Waals surface area contributed by atoms with Gasteiger partial charge in [-0.15, -0.1) is 0 Å². The predicted molar refractivity (Wildman–Crippen MR) is 83.4 cm³/mol. The van der Waals surface area contributed by atoms with Crippen LogP contribution in [0.1, 0.15) is 18.1 Å². The minimum Gasteiger partial charge on any atom is -0.394 e. The first-order valence-corrected chi connectivity index (χ1v) is 7.07. The molecule has 0 bridgehead atoms. The number of benzene rings is 2. The van der Waals surface area contributed by atoms with E-state index in [-0.39, 0.29) is 18.7 Å². The number of anilines is 1. The Balaban J connectivity index is 1.77. The highest BCUT2D eigenvalue weighted by atomic mass is 16.3. The van der Waals surface area contributed by atoms with Crippen LogP contribution in [0.2, 0.25) is 0 Å². The van der Waals surface area contributed by atoms with Gasteiger partial charge in [-0.3, -0.25) is 0 Å². The van der Waals surface area contributed by atoms with Crippen molar-refractivity contribution in [1.82, 2.24) is 5.32 Å². The fourth-order valence-corrected chi connectivity index (χ4v) is 2.66. The molecule has 0 heterocycles. The Morgan fingerprint density at radius 1 is 1.19 bits per heavy atom. The quantitative estimate of drug-likeness (QED) is 0.691. The van der Waals surface area contributed by atoms with E-state index in [1.807, 2.05) is 30.3 Å². The lowest BCUT2D eigenvalue weighted by atomic mass is 10.1. The minimum absolute atomic E-state index is 0.0765. The van der Waals surface area contributed by atoms with Crippen molar-refractivity contribution in [2.75, 3.05) is 11.9 Å². The highest BCUT2D eigenvalue weighted by Gasteiger charge is 2.18. The van der Waals surface area contributed by atoms with Crippen LogP contribution in [0.5, 0.6) is 0 Å². The molecule has 0 saturated carbocycles. The molecule has 0 aromatic heterocycles. The molecule has 1 aliphatic rings. The van der Waals surface area contributed by atoms with E-state index in [4.69, 9.17) is 5.11 Å². The van der Waals surface area contributed by atoms with Gasteiger partial charge in [0.05, 0.1) is 12.6 Å². The number of carbonyl (C=O) groups excluding carboxylic acids is 1. The Kier molecular flexibility index (Phi) is 3.62. The van der Waals surface area contributed by atoms with E-state index in [9.17, 15) is 4.79 Å². The number of fused-ring (bicyclic) bond motifs is 3. The van der Waals surface area contributed by atoms with Gasteiger partial charge in [-0.2, -0.15) is 0 Å². The van der Waals surface area contributed by atoms with Gasteiger partial charge in [0, 0.05) is 5.69 Å². The lowest BCUT2D eigenvalue weighted by Gasteiger charge is -2.12. The standard InChI is InChI=1S/C17H18N2O2/c1-11(10-20)18-17(21)19-14-6-7-16-13(9-14)8-12-4-2-3-5-15(12)16/h2-7,9,11,20H,8,10H2,1H3,(H2,18,19,21). The van der Waals surface area contributed by atoms with Gasteiger partial charge < -0.3 is 15.7 Å². The highest BCUT2D eigenvalue weighted by molar-refractivity contribution is 5.90. The number of aliphatic hydroxyl groups excluding tert-OH is 1. The molecule has 0 spiro atoms. The number of amides is 2. The van der Waals surface area contributed by atoms with Crippen LogP contribution in [0.3, 0.4) is 0 Å². The van der Waals surface area contributed by atoms with Crippen LogP contribution in [-0.4, -0.2) is 23.8 Å². The molecular weight excluding hydrogens is 264 g/mol. The van der Waals surface area contributed by atoms with E-state index >= 15 is 0 Å². The van der Waals surface area contributed by atoms with Gasteiger partial charge in [-0.1, -0.05) is 30.3 Å². The van der Waals surface area contributed by atoms with Crippen molar-refractivity contribution in [3.63, 3.8) is 0 Å². The Bertz CT molecular complexity index is 682. The Hall–Kier alpha value is -2.33. The van der Waals surface area contributed by atoms with Crippen molar-refractivity contribution < 1.29 is 9.90 Å². The Morgan fingerprint density at radius 3 is 2.76 bits per heavy atom. The average Bonchev–Trinajstić information content (AvgIpc) is 2.84. The predicted octanol–water partition coefficient (Wildman–Crippen LogP) is 2.76. The summed E-state index contributed by atoms with van der Waals surface area (Å²) in [6, 6.07) is 13.8. The molecule has 0 radical (unpaired) electrons. The smallest absolute Gasteiger partial charge is 0.319 e. The van der Waals surface area contributed by atoms with E-state index in [0.717, 1.165) is 12.1 Å². The van der Waals surface area contributed by atoms with Crippen molar-refractivity contribution in [2.24, 2.45) is 0 Å². The first kappa shape index (κ1) is 13.6. The lowest BCUT2D eigenvalue weighted by Crippen LogP contribution is -2.38. The van der Waals surface area contributed by atoms with Crippen molar-refractivity contribution in [2.45, 2.75) is 19.4 Å². The summed E-state index contributed by atoms with van der Waals surface area (Å²) in [5.74, 6) is 0. The van der Waals surface area contributed by atoms with E-state index < -0.39 is 0 Å². The zero-order chi connectivity index (χ0) is 14.8. The van der Waals surface area contributed by atoms with Crippen molar-refractivity contribution in [1.29, 1.82) is 0 Å². The SMILES string of the molecule is CC(CO)NC(=O)Nc1ccc2c(c1)Cc1ccccc1-2. The minimum atomic E-state index is -0.299. The molecule has 1 atom stereocenters. The number of hydrogen-bond donors (Lipinski definition) is 3. The molecule has 1 aliphatic carbocycles. The third kappa shape index (κ3) is 2.76. The molecule has 2 aromatic rings. The summed E-state index contributed by atoms with van der Waals surface area (Å²) in [4.78, 5) is 11.8. The second-order valence-electron chi connectivity index (χ2n) is 5.39. The largest absolute Gasteiger partial charge is 0.394 e. The monoisotopic (exact) mass is 282 g/mol. The zero-order valence-electron chi connectivity index (χ0n) is 11.9. The maximum atomic E-state index is 11.8. The summed E-state index contributed by atoms with van der Waals surface area (Å²) in [6.45, 7) is 1.67. The molecule has 1 unspecified atom stereocenters. The maximum absolute atomic E-state index is 11.8. The first-order valence-electron chi connectivity index (χ1n) is 7.07. The zero-order valence-corrected chi connectivity index (χ0v) is 11.9. The summed E-state index contributed by atoms with van der Waals surface area (Å²) in [5.41, 5.74) is 5.83. The highest BCUT2D eigenvalue weighted by Crippen LogP contribution is 2.37. The third-order valence-corrected chi connectivity index (χ3v) is 3.70. The molecule has 0 fully saturated rings. The van der Waals surface area contributed by atoms with Gasteiger partial charge in [0.25, 0.3) is 0 Å². The molecular formula is C17H18N2O2. The fourth-order valence-electron chi connectivity index (χ4n) is 2.66. The molecule has 3 N–H and O–H groups in total. The maximum Gasteiger partial charge on any atom is 0.319 e. The number of carbonyl (C=O) groups is 1. The van der Waals surface area contributed by atoms with E-state index in [1.54, 1.807) is 6.92 Å². The molecule has 0 saturated heterocycles. The third-order valence-electron chi connectivity index (χ3n) is 3.70. The summed E-state index contributed by atoms with van der Waals surface area (Å²) in [7, 11) is 0. The molecule has 21 heavy (non-hydrogen) atoms. The van der Waals surface area contributed by atoms with Crippen LogP contribution in [0.4, 0.5) is 10.5 Å². The second-order valence-corrected chi connectivity index (χ2v) is 5.39. The van der Waals surface area contributed by atoms with Crippen LogP contribution in [0.15, 0.2) is 42.5 Å². The van der Waals surface area contributed by atoms with Crippen molar-refractivity contribution in [3.8, 4) is 11.1 Å². The van der Waals surface area contributed by atoms with Crippen LogP contribution < -0.4 is 10.6 Å². The van der Waals surface area contributed by atoms with Crippen LogP contribution in [0.25, 0.3) is 11.1 Å². The van der Waals surface area contributed by atoms with Gasteiger partial charge in [0.1, 0.15) is 0 Å². The van der Waals surface area contributed by atoms with E-state index in [1.165, 1.54) is 22.3 Å². The normalized spacial score (nSPS) is 13.2. The van der Waals surface area contributed by atoms with Gasteiger partial charge in [-0.25, -0.2) is 4.79 Å². The molecule has 2 aromatic carbocycles. The Labute approximate surface area is 123 Å². The van der Waals surface area contributed by atoms with Gasteiger partial charge in [0.15, 0.2) is 0 Å². The van der Waals surface area contributed by atoms with Crippen molar-refractivity contribution in [3.05, 3.63) is 53.6 Å². The summed E-state index contributed by atoms with van der Waals surface area (Å²) in [6.07, 6.45) is 0.899. The average molecular weight is 282 g/mol. The number of rotatable bonds is 3. The number of hydrogen-bond acceptors (Lipinski definition) is 2. The first-order chi connectivity index (χ1) is 10.2. The van der Waals surface area contributed by atoms with Gasteiger partial charge in [0.2, 0.25) is 0 Å². The molecule has 108 valence electrons. The molecule has 4 heteroatoms. The summed E-state index contributed by atoms with van der Waals surface area (Å²) >= 11 is 0. The van der Waals surface area contributed by atoms with Crippen LogP contribution in [0, 0.1) is 0 Å². The van der Waals surface area contributed by atoms with Crippen LogP contribution in [-0.2, 0) is 6.42 Å². The van der Waals surface area contributed by atoms with Crippen LogP contribution >= 0.6 is 0 Å². The number of urea groups is 1. The van der Waals surface area contributed by atoms with Gasteiger partial charge >= 0.3 is 6.03 Å². The summed E-state index contributed by atoms with van der Waals surface area (Å²) in [5, 5.41) is 14.4. The second kappa shape index (κ2) is 5.58. The van der Waals surface area contributed by atoms with E-state index in [2.05, 4.69) is 22.8 Å². The molecule has 0 aliphatic heterocycles. The Morgan fingerprint density at radius 2 is 1.95 bits per heavy atom. The number of aliphatic hydroxyl groups is 1. The van der Waals surface area contributed by atoms with E-state index in [0.29, 0.717) is 0 Å². The molecule has 3 rings (SSSR count). The number of nitrogens with one attached hydrogen (secondary N) is 2. The van der Waals surface area contributed by atoms with Crippen molar-refractivity contribution >= 4 is 11.7 Å². The summed E-state index contributed by atoms with van der Waals surface area (Å²) < 4.78 is 0. The molecule has 4 nitrogen and oxygen atoms in total. The lowest BCUT2D eigenvalue weighted by molar-refractivity contribution is 0.229. The topological polar surface area (TPSA) is 61.4 Å². The fraction of sp³-hybridized carbons (Fsp3) is 0.235. The molecule has 2 amide bonds. The van der Waals surface area contributed by atoms with Gasteiger partial charge in [-0.05, 0) is 47.7 Å².